The van der Waals surface area contributed by atoms with Gasteiger partial charge in [-0.3, -0.25) is 28.8 Å². The van der Waals surface area contributed by atoms with Gasteiger partial charge in [-0.15, -0.1) is 0 Å². The highest BCUT2D eigenvalue weighted by atomic mass is 32.2. The van der Waals surface area contributed by atoms with Crippen molar-refractivity contribution < 1.29 is 59.9 Å². The molecule has 18 heteroatoms. The van der Waals surface area contributed by atoms with E-state index >= 15 is 0 Å². The normalized spacial score (nSPS) is 12.9. The van der Waals surface area contributed by atoms with E-state index in [4.69, 9.17) is 14.3 Å². The van der Waals surface area contributed by atoms with Gasteiger partial charge in [0, 0.05) is 45.0 Å². The lowest BCUT2D eigenvalue weighted by Crippen LogP contribution is -2.33. The molecule has 2 atom stereocenters. The summed E-state index contributed by atoms with van der Waals surface area (Å²) >= 11 is 0. The van der Waals surface area contributed by atoms with Crippen LogP contribution in [0.2, 0.25) is 0 Å². The van der Waals surface area contributed by atoms with Gasteiger partial charge in [0.15, 0.2) is 19.7 Å². The molecule has 16 nitrogen and oxygen atoms in total. The Morgan fingerprint density at radius 1 is 0.574 bits per heavy atom. The molecule has 1 saturated heterocycles. The Morgan fingerprint density at radius 3 is 1.31 bits per heavy atom. The monoisotopic (exact) mass is 881 g/mol. The third kappa shape index (κ3) is 16.6. The molecule has 61 heavy (non-hydrogen) atoms. The zero-order valence-electron chi connectivity index (χ0n) is 34.9. The third-order valence-electron chi connectivity index (χ3n) is 7.82. The number of nitrogens with zero attached hydrogens (tertiary/aromatic N) is 1. The number of nitrogens with one attached hydrogen (secondary N) is 2. The smallest absolute Gasteiger partial charge is 0.457 e. The summed E-state index contributed by atoms with van der Waals surface area (Å²) in [6.07, 6.45) is -3.94. The lowest BCUT2D eigenvalue weighted by Gasteiger charge is -2.20. The van der Waals surface area contributed by atoms with Crippen LogP contribution >= 0.6 is 0 Å². The number of esters is 1. The van der Waals surface area contributed by atoms with Crippen molar-refractivity contribution in [2.75, 3.05) is 22.1 Å². The van der Waals surface area contributed by atoms with E-state index in [1.54, 1.807) is 72.8 Å². The molecule has 5 rings (SSSR count). The van der Waals surface area contributed by atoms with Crippen LogP contribution in [0.15, 0.2) is 119 Å². The molecule has 4 amide bonds. The van der Waals surface area contributed by atoms with Gasteiger partial charge in [-0.1, -0.05) is 93.4 Å². The summed E-state index contributed by atoms with van der Waals surface area (Å²) in [4.78, 5) is 74.5. The summed E-state index contributed by atoms with van der Waals surface area (Å²) in [5, 5.41) is 5.48. The van der Waals surface area contributed by atoms with Crippen molar-refractivity contribution in [3.63, 3.8) is 0 Å². The fourth-order valence-electron chi connectivity index (χ4n) is 5.35. The molecule has 0 radical (unpaired) electrons. The van der Waals surface area contributed by atoms with E-state index in [0.29, 0.717) is 22.0 Å². The van der Waals surface area contributed by atoms with Gasteiger partial charge in [0.25, 0.3) is 11.8 Å². The van der Waals surface area contributed by atoms with Crippen LogP contribution in [0.4, 0.5) is 16.2 Å². The number of hydrogen-bond donors (Lipinski definition) is 2. The molecule has 1 aliphatic heterocycles. The quantitative estimate of drug-likeness (QED) is 0.101. The number of hydrogen-bond acceptors (Lipinski definition) is 13. The second kappa shape index (κ2) is 24.6. The predicted molar refractivity (Wildman–Crippen MR) is 227 cm³/mol. The Labute approximate surface area is 356 Å². The lowest BCUT2D eigenvalue weighted by atomic mass is 10.1. The zero-order chi connectivity index (χ0) is 45.8. The lowest BCUT2D eigenvalue weighted by molar-refractivity contribution is -0.178. The number of sulfone groups is 2. The Bertz CT molecular complexity index is 2320. The molecule has 0 aliphatic carbocycles. The van der Waals surface area contributed by atoms with Crippen molar-refractivity contribution in [1.82, 2.24) is 5.06 Å². The number of imide groups is 1. The molecule has 0 bridgehead atoms. The molecule has 328 valence electrons. The SMILES string of the molecule is CC.CC.CC(=O)Nc1cccc(C(CS(=O)(=O)c2ccccc2)OC(=O)ON2C(=O)CCC2=O)c1.CC(=O)Nc1cccc(C(CS(=O)(=O)c2ccccc2)OC(C)=O)c1. The van der Waals surface area contributed by atoms with Crippen molar-refractivity contribution in [3.05, 3.63) is 120 Å². The van der Waals surface area contributed by atoms with Gasteiger partial charge in [-0.2, -0.15) is 0 Å². The second-order valence-corrected chi connectivity index (χ2v) is 16.5. The number of benzene rings is 4. The van der Waals surface area contributed by atoms with E-state index in [0.717, 1.165) is 0 Å². The molecule has 4 aromatic rings. The average Bonchev–Trinajstić information content (AvgIpc) is 3.54. The number of amides is 4. The van der Waals surface area contributed by atoms with Crippen molar-refractivity contribution in [2.45, 2.75) is 83.3 Å². The molecule has 2 N–H and O–H groups in total. The fraction of sp³-hybridized carbons (Fsp3) is 0.302. The van der Waals surface area contributed by atoms with Crippen LogP contribution in [0.1, 0.15) is 84.6 Å². The predicted octanol–water partition coefficient (Wildman–Crippen LogP) is 7.15. The number of ether oxygens (including phenoxy) is 2. The van der Waals surface area contributed by atoms with Crippen LogP contribution < -0.4 is 10.6 Å². The maximum atomic E-state index is 12.9. The van der Waals surface area contributed by atoms with Crippen LogP contribution in [-0.2, 0) is 58.0 Å². The standard InChI is InChI=1S/C21H20N2O8S.C18H19NO5S.2C2H6/c1-14(24)22-16-7-5-6-15(12-16)18(13-32(28,29)17-8-3-2-4-9-17)30-21(27)31-23-19(25)10-11-20(23)26;1-13(20)19-16-8-6-7-15(11-16)18(24-14(2)21)12-25(22,23)17-9-4-3-5-10-17;2*1-2/h2-9,12,18H,10-11,13H2,1H3,(H,22,24);3-11,18H,12H2,1-2H3,(H,19,20);2*1-2H3. The number of carbonyl (C=O) groups is 6. The molecular weight excluding hydrogens is 831 g/mol. The Balaban J connectivity index is 0.000000399. The van der Waals surface area contributed by atoms with Crippen LogP contribution in [0.3, 0.4) is 0 Å². The first kappa shape index (κ1) is 50.7. The molecule has 1 fully saturated rings. The first-order chi connectivity index (χ1) is 28.9. The summed E-state index contributed by atoms with van der Waals surface area (Å²) in [5.74, 6) is -3.61. The highest BCUT2D eigenvalue weighted by molar-refractivity contribution is 7.91. The highest BCUT2D eigenvalue weighted by Crippen LogP contribution is 2.28. The first-order valence-corrected chi connectivity index (χ1v) is 22.5. The summed E-state index contributed by atoms with van der Waals surface area (Å²) in [5.41, 5.74) is 1.60. The highest BCUT2D eigenvalue weighted by Gasteiger charge is 2.35. The van der Waals surface area contributed by atoms with Gasteiger partial charge >= 0.3 is 12.1 Å². The molecule has 4 aromatic carbocycles. The van der Waals surface area contributed by atoms with E-state index in [1.165, 1.54) is 57.2 Å². The molecular formula is C43H51N3O13S2. The number of hydroxylamine groups is 2. The van der Waals surface area contributed by atoms with E-state index < -0.39 is 61.6 Å². The average molecular weight is 882 g/mol. The van der Waals surface area contributed by atoms with Gasteiger partial charge < -0.3 is 20.1 Å². The van der Waals surface area contributed by atoms with Crippen LogP contribution in [-0.4, -0.2) is 69.2 Å². The van der Waals surface area contributed by atoms with Gasteiger partial charge in [-0.25, -0.2) is 21.6 Å². The maximum absolute atomic E-state index is 12.9. The van der Waals surface area contributed by atoms with Gasteiger partial charge in [-0.05, 0) is 59.7 Å². The number of rotatable bonds is 13. The van der Waals surface area contributed by atoms with E-state index in [9.17, 15) is 45.6 Å². The van der Waals surface area contributed by atoms with Crippen molar-refractivity contribution in [3.8, 4) is 0 Å². The Kier molecular flexibility index (Phi) is 20.5. The van der Waals surface area contributed by atoms with E-state index in [2.05, 4.69) is 10.6 Å². The molecule has 1 heterocycles. The van der Waals surface area contributed by atoms with Gasteiger partial charge in [0.2, 0.25) is 11.8 Å². The van der Waals surface area contributed by atoms with Gasteiger partial charge in [0.1, 0.15) is 12.2 Å². The first-order valence-electron chi connectivity index (χ1n) is 19.2. The zero-order valence-corrected chi connectivity index (χ0v) is 36.6. The molecule has 0 spiro atoms. The van der Waals surface area contributed by atoms with Crippen molar-refractivity contribution in [2.24, 2.45) is 0 Å². The summed E-state index contributed by atoms with van der Waals surface area (Å²) < 4.78 is 61.4. The van der Waals surface area contributed by atoms with Crippen LogP contribution in [0.25, 0.3) is 0 Å². The molecule has 0 aromatic heterocycles. The van der Waals surface area contributed by atoms with Crippen molar-refractivity contribution in [1.29, 1.82) is 0 Å². The van der Waals surface area contributed by atoms with Gasteiger partial charge in [0.05, 0.1) is 21.3 Å². The Hall–Kier alpha value is -6.40. The molecule has 0 saturated carbocycles. The number of carbonyl (C=O) groups excluding carboxylic acids is 6. The minimum Gasteiger partial charge on any atom is -0.457 e. The maximum Gasteiger partial charge on any atom is 0.534 e. The minimum absolute atomic E-state index is 0.0184. The van der Waals surface area contributed by atoms with Crippen LogP contribution in [0.5, 0.6) is 0 Å². The summed E-state index contributed by atoms with van der Waals surface area (Å²) in [7, 11) is -7.56. The van der Waals surface area contributed by atoms with E-state index in [-0.39, 0.29) is 45.8 Å². The summed E-state index contributed by atoms with van der Waals surface area (Å²) in [6, 6.07) is 28.2. The Morgan fingerprint density at radius 2 is 0.951 bits per heavy atom. The van der Waals surface area contributed by atoms with E-state index in [1.807, 2.05) is 27.7 Å². The molecule has 1 aliphatic rings. The van der Waals surface area contributed by atoms with Crippen LogP contribution in [0, 0.1) is 0 Å². The fourth-order valence-corrected chi connectivity index (χ4v) is 8.20. The minimum atomic E-state index is -3.91. The number of anilines is 2. The van der Waals surface area contributed by atoms with Crippen molar-refractivity contribution >= 4 is 66.8 Å². The third-order valence-corrected chi connectivity index (χ3v) is 11.3. The topological polar surface area (TPSA) is 226 Å². The second-order valence-electron chi connectivity index (χ2n) is 12.4. The summed E-state index contributed by atoms with van der Waals surface area (Å²) in [6.45, 7) is 11.9. The molecule has 2 unspecified atom stereocenters. The largest absolute Gasteiger partial charge is 0.534 e.